The topological polar surface area (TPSA) is 87.5 Å². The summed E-state index contributed by atoms with van der Waals surface area (Å²) in [5.41, 5.74) is 1.57. The van der Waals surface area contributed by atoms with Crippen LogP contribution < -0.4 is 5.32 Å². The third-order valence-corrected chi connectivity index (χ3v) is 6.34. The van der Waals surface area contributed by atoms with Crippen LogP contribution in [0.5, 0.6) is 0 Å². The van der Waals surface area contributed by atoms with Crippen molar-refractivity contribution in [1.29, 1.82) is 0 Å². The predicted molar refractivity (Wildman–Crippen MR) is 115 cm³/mol. The van der Waals surface area contributed by atoms with Gasteiger partial charge in [0.1, 0.15) is 5.69 Å². The van der Waals surface area contributed by atoms with E-state index in [1.165, 1.54) is 0 Å². The lowest BCUT2D eigenvalue weighted by atomic mass is 10.0. The molecule has 1 saturated heterocycles. The van der Waals surface area contributed by atoms with E-state index in [-0.39, 0.29) is 42.1 Å². The third-order valence-electron chi connectivity index (χ3n) is 6.34. The molecule has 2 heterocycles. The van der Waals surface area contributed by atoms with Crippen LogP contribution in [0.15, 0.2) is 42.6 Å². The van der Waals surface area contributed by atoms with E-state index in [1.807, 2.05) is 44.3 Å². The third kappa shape index (κ3) is 4.47. The highest BCUT2D eigenvalue weighted by atomic mass is 16.2. The second-order valence-corrected chi connectivity index (χ2v) is 8.50. The van der Waals surface area contributed by atoms with Crippen molar-refractivity contribution in [3.05, 3.63) is 53.9 Å². The number of hydrogen-bond acceptors (Lipinski definition) is 4. The van der Waals surface area contributed by atoms with E-state index in [9.17, 15) is 14.4 Å². The number of carbonyl (C=O) groups is 3. The maximum Gasteiger partial charge on any atom is 0.272 e. The Balaban J connectivity index is 1.43. The molecule has 3 amide bonds. The summed E-state index contributed by atoms with van der Waals surface area (Å²) in [6.45, 7) is 3.57. The van der Waals surface area contributed by atoms with Gasteiger partial charge in [0.15, 0.2) is 0 Å². The fourth-order valence-corrected chi connectivity index (χ4v) is 4.81. The molecular formula is C23H29N5O3. The molecule has 2 aromatic rings. The van der Waals surface area contributed by atoms with Gasteiger partial charge in [-0.3, -0.25) is 19.1 Å². The molecule has 1 N–H and O–H groups in total. The number of fused-ring (bicyclic) bond motifs is 1. The first-order chi connectivity index (χ1) is 15.0. The molecule has 1 aliphatic heterocycles. The molecule has 1 saturated carbocycles. The van der Waals surface area contributed by atoms with Crippen LogP contribution in [0, 0.1) is 11.8 Å². The zero-order valence-corrected chi connectivity index (χ0v) is 18.0. The van der Waals surface area contributed by atoms with Crippen molar-refractivity contribution in [2.24, 2.45) is 11.8 Å². The first kappa shape index (κ1) is 21.1. The lowest BCUT2D eigenvalue weighted by molar-refractivity contribution is -0.134. The van der Waals surface area contributed by atoms with E-state index in [0.717, 1.165) is 5.56 Å². The summed E-state index contributed by atoms with van der Waals surface area (Å²) >= 11 is 0. The van der Waals surface area contributed by atoms with Crippen molar-refractivity contribution in [3.63, 3.8) is 0 Å². The summed E-state index contributed by atoms with van der Waals surface area (Å²) in [4.78, 5) is 42.0. The van der Waals surface area contributed by atoms with E-state index in [2.05, 4.69) is 10.4 Å². The van der Waals surface area contributed by atoms with Gasteiger partial charge in [0.05, 0.1) is 6.54 Å². The Morgan fingerprint density at radius 2 is 1.97 bits per heavy atom. The monoisotopic (exact) mass is 423 g/mol. The minimum Gasteiger partial charge on any atom is -0.351 e. The van der Waals surface area contributed by atoms with Crippen molar-refractivity contribution in [2.45, 2.75) is 38.9 Å². The fraction of sp³-hybridized carbons (Fsp3) is 0.478. The van der Waals surface area contributed by atoms with Gasteiger partial charge in [0.2, 0.25) is 11.8 Å². The normalized spacial score (nSPS) is 23.1. The molecular weight excluding hydrogens is 394 g/mol. The SMILES string of the molecule is CCn1nccc1C(=O)N1CC(=O)N[C@@H]2C[C@@H](C(=O)N(C)Cc3ccccc3)C[C@@H]2C1. The molecule has 3 atom stereocenters. The van der Waals surface area contributed by atoms with E-state index < -0.39 is 0 Å². The van der Waals surface area contributed by atoms with Crippen molar-refractivity contribution < 1.29 is 14.4 Å². The van der Waals surface area contributed by atoms with Crippen molar-refractivity contribution in [1.82, 2.24) is 24.9 Å². The zero-order chi connectivity index (χ0) is 22.0. The van der Waals surface area contributed by atoms with Crippen molar-refractivity contribution >= 4 is 17.7 Å². The Morgan fingerprint density at radius 1 is 1.19 bits per heavy atom. The molecule has 8 heteroatoms. The van der Waals surface area contributed by atoms with Gasteiger partial charge in [-0.15, -0.1) is 0 Å². The van der Waals surface area contributed by atoms with E-state index in [0.29, 0.717) is 38.2 Å². The molecule has 2 aliphatic rings. The Morgan fingerprint density at radius 3 is 2.71 bits per heavy atom. The summed E-state index contributed by atoms with van der Waals surface area (Å²) in [5, 5.41) is 7.21. The lowest BCUT2D eigenvalue weighted by Crippen LogP contribution is -2.40. The molecule has 0 spiro atoms. The standard InChI is InChI=1S/C23H29N5O3/c1-3-28-20(9-10-24-28)23(31)27-14-18-11-17(12-19(18)25-21(29)15-27)22(30)26(2)13-16-7-5-4-6-8-16/h4-10,17-19H,3,11-15H2,1-2H3,(H,25,29)/t17-,18+,19+/m0/s1. The maximum atomic E-state index is 13.1. The molecule has 1 aliphatic carbocycles. The number of benzene rings is 1. The molecule has 1 aromatic heterocycles. The number of rotatable bonds is 5. The van der Waals surface area contributed by atoms with Crippen LogP contribution in [0.3, 0.4) is 0 Å². The Kier molecular flexibility index (Phi) is 6.06. The number of carbonyl (C=O) groups excluding carboxylic acids is 3. The molecule has 0 radical (unpaired) electrons. The Labute approximate surface area is 182 Å². The summed E-state index contributed by atoms with van der Waals surface area (Å²) in [5.74, 6) is -0.360. The number of nitrogens with zero attached hydrogens (tertiary/aromatic N) is 4. The highest BCUT2D eigenvalue weighted by Gasteiger charge is 2.43. The Bertz CT molecular complexity index is 957. The van der Waals surface area contributed by atoms with Gasteiger partial charge in [-0.1, -0.05) is 30.3 Å². The highest BCUT2D eigenvalue weighted by molar-refractivity contribution is 5.95. The van der Waals surface area contributed by atoms with Crippen LogP contribution in [0.2, 0.25) is 0 Å². The summed E-state index contributed by atoms with van der Waals surface area (Å²) in [6.07, 6.45) is 2.88. The first-order valence-corrected chi connectivity index (χ1v) is 10.9. The average Bonchev–Trinajstić information content (AvgIpc) is 3.36. The Hall–Kier alpha value is -3.16. The molecule has 0 bridgehead atoms. The number of nitrogens with one attached hydrogen (secondary N) is 1. The van der Waals surface area contributed by atoms with Gasteiger partial charge in [-0.2, -0.15) is 5.10 Å². The van der Waals surface area contributed by atoms with Crippen LogP contribution in [-0.4, -0.2) is 63.5 Å². The van der Waals surface area contributed by atoms with E-state index in [1.54, 1.807) is 26.7 Å². The predicted octanol–water partition coefficient (Wildman–Crippen LogP) is 1.53. The maximum absolute atomic E-state index is 13.1. The van der Waals surface area contributed by atoms with Gasteiger partial charge in [0.25, 0.3) is 5.91 Å². The summed E-state index contributed by atoms with van der Waals surface area (Å²) < 4.78 is 1.64. The van der Waals surface area contributed by atoms with Gasteiger partial charge in [-0.05, 0) is 37.3 Å². The van der Waals surface area contributed by atoms with Crippen LogP contribution >= 0.6 is 0 Å². The smallest absolute Gasteiger partial charge is 0.272 e. The number of amides is 3. The minimum atomic E-state index is -0.189. The number of aryl methyl sites for hydroxylation is 1. The van der Waals surface area contributed by atoms with E-state index in [4.69, 9.17) is 0 Å². The molecule has 0 unspecified atom stereocenters. The summed E-state index contributed by atoms with van der Waals surface area (Å²) in [7, 11) is 1.82. The molecule has 164 valence electrons. The van der Waals surface area contributed by atoms with Gasteiger partial charge < -0.3 is 15.1 Å². The van der Waals surface area contributed by atoms with E-state index >= 15 is 0 Å². The molecule has 4 rings (SSSR count). The first-order valence-electron chi connectivity index (χ1n) is 10.9. The lowest BCUT2D eigenvalue weighted by Gasteiger charge is -2.24. The van der Waals surface area contributed by atoms with Gasteiger partial charge in [-0.25, -0.2) is 0 Å². The van der Waals surface area contributed by atoms with Gasteiger partial charge in [0, 0.05) is 44.8 Å². The highest BCUT2D eigenvalue weighted by Crippen LogP contribution is 2.34. The molecule has 2 fully saturated rings. The zero-order valence-electron chi connectivity index (χ0n) is 18.0. The molecule has 31 heavy (non-hydrogen) atoms. The quantitative estimate of drug-likeness (QED) is 0.790. The number of aromatic nitrogens is 2. The van der Waals surface area contributed by atoms with Crippen LogP contribution in [0.4, 0.5) is 0 Å². The number of hydrogen-bond donors (Lipinski definition) is 1. The largest absolute Gasteiger partial charge is 0.351 e. The summed E-state index contributed by atoms with van der Waals surface area (Å²) in [6, 6.07) is 11.5. The second kappa shape index (κ2) is 8.91. The van der Waals surface area contributed by atoms with Crippen LogP contribution in [0.1, 0.15) is 35.8 Å². The molecule has 1 aromatic carbocycles. The minimum absolute atomic E-state index is 0.0350. The van der Waals surface area contributed by atoms with Crippen molar-refractivity contribution in [3.8, 4) is 0 Å². The van der Waals surface area contributed by atoms with Crippen LogP contribution in [0.25, 0.3) is 0 Å². The van der Waals surface area contributed by atoms with Gasteiger partial charge >= 0.3 is 0 Å². The second-order valence-electron chi connectivity index (χ2n) is 8.50. The molecule has 8 nitrogen and oxygen atoms in total. The average molecular weight is 424 g/mol. The van der Waals surface area contributed by atoms with Crippen molar-refractivity contribution in [2.75, 3.05) is 20.1 Å². The van der Waals surface area contributed by atoms with Crippen LogP contribution in [-0.2, 0) is 22.7 Å². The fourth-order valence-electron chi connectivity index (χ4n) is 4.81.